The highest BCUT2D eigenvalue weighted by Crippen LogP contribution is 2.18. The van der Waals surface area contributed by atoms with E-state index in [2.05, 4.69) is 5.32 Å². The fourth-order valence-electron chi connectivity index (χ4n) is 2.63. The van der Waals surface area contributed by atoms with Gasteiger partial charge in [-0.05, 0) is 62.0 Å². The molecule has 1 aromatic carbocycles. The van der Waals surface area contributed by atoms with E-state index in [1.165, 1.54) is 0 Å². The summed E-state index contributed by atoms with van der Waals surface area (Å²) in [5, 5.41) is 3.24. The number of carbonyl (C=O) groups excluding carboxylic acids is 3. The zero-order chi connectivity index (χ0) is 18.2. The SMILES string of the molecule is CSCC[C@H](NC(=O)c1ccc(Cl)cc1)C(=O)O[C@H]1CCCCC1=O. The maximum Gasteiger partial charge on any atom is 0.329 e. The van der Waals surface area contributed by atoms with E-state index in [-0.39, 0.29) is 11.7 Å². The average Bonchev–Trinajstić information content (AvgIpc) is 2.60. The van der Waals surface area contributed by atoms with Gasteiger partial charge in [0.15, 0.2) is 11.9 Å². The van der Waals surface area contributed by atoms with Gasteiger partial charge in [-0.25, -0.2) is 4.79 Å². The van der Waals surface area contributed by atoms with Crippen LogP contribution in [0.3, 0.4) is 0 Å². The molecule has 0 unspecified atom stereocenters. The molecule has 7 heteroatoms. The Kier molecular flexibility index (Phi) is 7.78. The molecule has 25 heavy (non-hydrogen) atoms. The molecule has 0 saturated heterocycles. The molecule has 0 bridgehead atoms. The monoisotopic (exact) mass is 383 g/mol. The molecule has 1 amide bonds. The minimum absolute atomic E-state index is 0.0350. The average molecular weight is 384 g/mol. The van der Waals surface area contributed by atoms with E-state index in [1.54, 1.807) is 36.0 Å². The quantitative estimate of drug-likeness (QED) is 0.732. The molecule has 1 N–H and O–H groups in total. The summed E-state index contributed by atoms with van der Waals surface area (Å²) in [4.78, 5) is 36.7. The minimum atomic E-state index is -0.773. The zero-order valence-corrected chi connectivity index (χ0v) is 15.7. The molecule has 5 nitrogen and oxygen atoms in total. The number of benzene rings is 1. The Labute approximate surface area is 156 Å². The maximum atomic E-state index is 12.5. The van der Waals surface area contributed by atoms with Crippen molar-refractivity contribution in [3.8, 4) is 0 Å². The van der Waals surface area contributed by atoms with E-state index in [1.807, 2.05) is 6.26 Å². The summed E-state index contributed by atoms with van der Waals surface area (Å²) < 4.78 is 5.39. The number of hydrogen-bond acceptors (Lipinski definition) is 5. The van der Waals surface area contributed by atoms with Crippen molar-refractivity contribution >= 4 is 41.0 Å². The number of Topliss-reactive ketones (excluding diaryl/α,β-unsaturated/α-hetero) is 1. The summed E-state index contributed by atoms with van der Waals surface area (Å²) in [5.41, 5.74) is 0.417. The van der Waals surface area contributed by atoms with Crippen LogP contribution in [0.2, 0.25) is 5.02 Å². The third-order valence-corrected chi connectivity index (χ3v) is 4.96. The van der Waals surface area contributed by atoms with Crippen molar-refractivity contribution in [2.75, 3.05) is 12.0 Å². The molecular weight excluding hydrogens is 362 g/mol. The van der Waals surface area contributed by atoms with Gasteiger partial charge in [0.05, 0.1) is 0 Å². The fraction of sp³-hybridized carbons (Fsp3) is 0.500. The molecule has 0 radical (unpaired) electrons. The van der Waals surface area contributed by atoms with Crippen LogP contribution in [0.5, 0.6) is 0 Å². The second-order valence-electron chi connectivity index (χ2n) is 5.95. The molecule has 0 aliphatic heterocycles. The first-order valence-electron chi connectivity index (χ1n) is 8.30. The third kappa shape index (κ3) is 6.04. The zero-order valence-electron chi connectivity index (χ0n) is 14.1. The summed E-state index contributed by atoms with van der Waals surface area (Å²) in [7, 11) is 0. The second-order valence-corrected chi connectivity index (χ2v) is 7.37. The van der Waals surface area contributed by atoms with E-state index in [9.17, 15) is 14.4 Å². The van der Waals surface area contributed by atoms with Crippen LogP contribution in [0.25, 0.3) is 0 Å². The van der Waals surface area contributed by atoms with Crippen molar-refractivity contribution in [3.63, 3.8) is 0 Å². The lowest BCUT2D eigenvalue weighted by molar-refractivity contribution is -0.158. The van der Waals surface area contributed by atoms with Gasteiger partial charge < -0.3 is 10.1 Å². The molecule has 1 saturated carbocycles. The number of amides is 1. The third-order valence-electron chi connectivity index (χ3n) is 4.06. The highest BCUT2D eigenvalue weighted by molar-refractivity contribution is 7.98. The number of hydrogen-bond donors (Lipinski definition) is 1. The molecule has 1 fully saturated rings. The molecule has 2 rings (SSSR count). The van der Waals surface area contributed by atoms with Crippen LogP contribution in [0, 0.1) is 0 Å². The van der Waals surface area contributed by atoms with E-state index < -0.39 is 18.1 Å². The van der Waals surface area contributed by atoms with Gasteiger partial charge in [-0.1, -0.05) is 11.6 Å². The summed E-state index contributed by atoms with van der Waals surface area (Å²) >= 11 is 7.40. The second kappa shape index (κ2) is 9.82. The van der Waals surface area contributed by atoms with Gasteiger partial charge in [0.1, 0.15) is 6.04 Å². The van der Waals surface area contributed by atoms with Crippen molar-refractivity contribution in [3.05, 3.63) is 34.9 Å². The number of halogens is 1. The van der Waals surface area contributed by atoms with Gasteiger partial charge >= 0.3 is 5.97 Å². The standard InChI is InChI=1S/C18H22ClNO4S/c1-25-11-10-14(18(23)24-16-5-3-2-4-15(16)21)20-17(22)12-6-8-13(19)9-7-12/h6-9,14,16H,2-5,10-11H2,1H3,(H,20,22)/t14-,16-/m0/s1. The molecule has 1 aliphatic carbocycles. The van der Waals surface area contributed by atoms with Crippen LogP contribution < -0.4 is 5.32 Å². The van der Waals surface area contributed by atoms with Crippen molar-refractivity contribution in [1.82, 2.24) is 5.32 Å². The highest BCUT2D eigenvalue weighted by atomic mass is 35.5. The first-order valence-corrected chi connectivity index (χ1v) is 10.1. The smallest absolute Gasteiger partial charge is 0.329 e. The minimum Gasteiger partial charge on any atom is -0.453 e. The molecule has 1 aromatic rings. The lowest BCUT2D eigenvalue weighted by Crippen LogP contribution is -2.44. The Morgan fingerprint density at radius 2 is 2.04 bits per heavy atom. The number of thioether (sulfide) groups is 1. The summed E-state index contributed by atoms with van der Waals surface area (Å²) in [6, 6.07) is 5.66. The summed E-state index contributed by atoms with van der Waals surface area (Å²) in [5.74, 6) is -0.252. The topological polar surface area (TPSA) is 72.5 Å². The first kappa shape index (κ1) is 19.8. The normalized spacial score (nSPS) is 18.5. The molecular formula is C18H22ClNO4S. The van der Waals surface area contributed by atoms with Gasteiger partial charge in [-0.2, -0.15) is 11.8 Å². The number of esters is 1. The number of ether oxygens (including phenoxy) is 1. The lowest BCUT2D eigenvalue weighted by Gasteiger charge is -2.24. The molecule has 0 heterocycles. The Bertz CT molecular complexity index is 620. The first-order chi connectivity index (χ1) is 12.0. The maximum absolute atomic E-state index is 12.5. The number of nitrogens with one attached hydrogen (secondary N) is 1. The molecule has 0 aromatic heterocycles. The number of rotatable bonds is 7. The summed E-state index contributed by atoms with van der Waals surface area (Å²) in [6.07, 6.45) is 4.42. The van der Waals surface area contributed by atoms with Crippen LogP contribution >= 0.6 is 23.4 Å². The fourth-order valence-corrected chi connectivity index (χ4v) is 3.22. The van der Waals surface area contributed by atoms with Crippen molar-refractivity contribution in [1.29, 1.82) is 0 Å². The van der Waals surface area contributed by atoms with Crippen LogP contribution in [0.15, 0.2) is 24.3 Å². The van der Waals surface area contributed by atoms with Crippen LogP contribution in [-0.4, -0.2) is 41.8 Å². The Balaban J connectivity index is 2.01. The summed E-state index contributed by atoms with van der Waals surface area (Å²) in [6.45, 7) is 0. The molecule has 0 spiro atoms. The van der Waals surface area contributed by atoms with Crippen LogP contribution in [0.1, 0.15) is 42.5 Å². The van der Waals surface area contributed by atoms with Crippen molar-refractivity contribution < 1.29 is 19.1 Å². The molecule has 2 atom stereocenters. The number of carbonyl (C=O) groups is 3. The van der Waals surface area contributed by atoms with E-state index in [0.717, 1.165) is 12.8 Å². The Morgan fingerprint density at radius 3 is 2.68 bits per heavy atom. The van der Waals surface area contributed by atoms with Crippen LogP contribution in [0.4, 0.5) is 0 Å². The van der Waals surface area contributed by atoms with E-state index >= 15 is 0 Å². The lowest BCUT2D eigenvalue weighted by atomic mass is 9.96. The predicted octanol–water partition coefficient (Wildman–Crippen LogP) is 3.25. The van der Waals surface area contributed by atoms with E-state index in [4.69, 9.17) is 16.3 Å². The van der Waals surface area contributed by atoms with Gasteiger partial charge in [0.2, 0.25) is 0 Å². The van der Waals surface area contributed by atoms with Gasteiger partial charge in [-0.3, -0.25) is 9.59 Å². The molecule has 136 valence electrons. The number of ketones is 1. The Hall–Kier alpha value is -1.53. The van der Waals surface area contributed by atoms with Gasteiger partial charge in [0.25, 0.3) is 5.91 Å². The largest absolute Gasteiger partial charge is 0.453 e. The van der Waals surface area contributed by atoms with E-state index in [0.29, 0.717) is 35.6 Å². The van der Waals surface area contributed by atoms with Crippen molar-refractivity contribution in [2.24, 2.45) is 0 Å². The van der Waals surface area contributed by atoms with Crippen LogP contribution in [-0.2, 0) is 14.3 Å². The molecule has 1 aliphatic rings. The Morgan fingerprint density at radius 1 is 1.32 bits per heavy atom. The van der Waals surface area contributed by atoms with Gasteiger partial charge in [-0.15, -0.1) is 0 Å². The van der Waals surface area contributed by atoms with Crippen molar-refractivity contribution in [2.45, 2.75) is 44.2 Å². The highest BCUT2D eigenvalue weighted by Gasteiger charge is 2.30. The van der Waals surface area contributed by atoms with Gasteiger partial charge in [0, 0.05) is 17.0 Å². The predicted molar refractivity (Wildman–Crippen MR) is 99.1 cm³/mol.